The van der Waals surface area contributed by atoms with Gasteiger partial charge in [0.05, 0.1) is 11.5 Å². The fourth-order valence-corrected chi connectivity index (χ4v) is 3.18. The van der Waals surface area contributed by atoms with Crippen molar-refractivity contribution in [2.75, 3.05) is 6.54 Å². The third-order valence-electron chi connectivity index (χ3n) is 3.63. The van der Waals surface area contributed by atoms with Crippen molar-refractivity contribution < 1.29 is 13.5 Å². The largest absolute Gasteiger partial charge is 0.392 e. The van der Waals surface area contributed by atoms with Crippen LogP contribution in [0.3, 0.4) is 0 Å². The van der Waals surface area contributed by atoms with Crippen LogP contribution in [0.2, 0.25) is 0 Å². The summed E-state index contributed by atoms with van der Waals surface area (Å²) in [7, 11) is -3.46. The second kappa shape index (κ2) is 4.64. The highest BCUT2D eigenvalue weighted by molar-refractivity contribution is 7.89. The lowest BCUT2D eigenvalue weighted by Crippen LogP contribution is -2.26. The van der Waals surface area contributed by atoms with Gasteiger partial charge in [-0.25, -0.2) is 13.1 Å². The van der Waals surface area contributed by atoms with Crippen LogP contribution in [0.1, 0.15) is 25.8 Å². The number of nitrogens with one attached hydrogen (secondary N) is 1. The molecule has 0 aliphatic heterocycles. The van der Waals surface area contributed by atoms with Gasteiger partial charge in [-0.2, -0.15) is 0 Å². The number of aliphatic hydroxyl groups is 1. The van der Waals surface area contributed by atoms with Gasteiger partial charge in [0.1, 0.15) is 0 Å². The minimum absolute atomic E-state index is 0.154. The zero-order valence-corrected chi connectivity index (χ0v) is 11.5. The summed E-state index contributed by atoms with van der Waals surface area (Å²) >= 11 is 0. The maximum atomic E-state index is 12.1. The Hall–Kier alpha value is -0.910. The molecule has 18 heavy (non-hydrogen) atoms. The Labute approximate surface area is 108 Å². The molecule has 1 fully saturated rings. The molecule has 100 valence electrons. The van der Waals surface area contributed by atoms with E-state index in [1.165, 1.54) is 6.07 Å². The van der Waals surface area contributed by atoms with Gasteiger partial charge >= 0.3 is 0 Å². The quantitative estimate of drug-likeness (QED) is 0.851. The molecule has 0 aromatic heterocycles. The molecule has 1 aromatic carbocycles. The van der Waals surface area contributed by atoms with Crippen molar-refractivity contribution in [1.82, 2.24) is 4.72 Å². The highest BCUT2D eigenvalue weighted by Gasteiger charge is 2.45. The number of sulfonamides is 1. The standard InChI is InChI=1S/C13H19NO3S/c1-13(2)7-11(13)8-14-18(16,17)12-5-3-4-10(6-12)9-15/h3-6,11,14-15H,7-9H2,1-2H3. The second-order valence-corrected chi connectivity index (χ2v) is 7.31. The first-order chi connectivity index (χ1) is 8.35. The highest BCUT2D eigenvalue weighted by Crippen LogP contribution is 2.51. The van der Waals surface area contributed by atoms with E-state index in [-0.39, 0.29) is 16.9 Å². The summed E-state index contributed by atoms with van der Waals surface area (Å²) in [4.78, 5) is 0.215. The Morgan fingerprint density at radius 1 is 1.44 bits per heavy atom. The Balaban J connectivity index is 2.06. The molecular formula is C13H19NO3S. The van der Waals surface area contributed by atoms with Crippen molar-refractivity contribution in [3.8, 4) is 0 Å². The van der Waals surface area contributed by atoms with E-state index in [1.54, 1.807) is 18.2 Å². The van der Waals surface area contributed by atoms with E-state index in [0.29, 0.717) is 18.0 Å². The minimum atomic E-state index is -3.46. The van der Waals surface area contributed by atoms with Crippen LogP contribution in [0, 0.1) is 11.3 Å². The Kier molecular flexibility index (Phi) is 3.49. The molecule has 1 unspecified atom stereocenters. The molecular weight excluding hydrogens is 250 g/mol. The van der Waals surface area contributed by atoms with Gasteiger partial charge in [0.15, 0.2) is 0 Å². The van der Waals surface area contributed by atoms with Crippen molar-refractivity contribution in [3.05, 3.63) is 29.8 Å². The molecule has 2 rings (SSSR count). The third kappa shape index (κ3) is 2.91. The van der Waals surface area contributed by atoms with Crippen molar-refractivity contribution in [2.24, 2.45) is 11.3 Å². The Morgan fingerprint density at radius 2 is 2.11 bits per heavy atom. The van der Waals surface area contributed by atoms with Crippen molar-refractivity contribution in [2.45, 2.75) is 31.8 Å². The van der Waals surface area contributed by atoms with Crippen LogP contribution in [0.15, 0.2) is 29.2 Å². The van der Waals surface area contributed by atoms with Crippen LogP contribution in [0.4, 0.5) is 0 Å². The average molecular weight is 269 g/mol. The maximum Gasteiger partial charge on any atom is 0.240 e. The van der Waals surface area contributed by atoms with Gasteiger partial charge in [0.25, 0.3) is 0 Å². The van der Waals surface area contributed by atoms with Crippen LogP contribution in [0.25, 0.3) is 0 Å². The summed E-state index contributed by atoms with van der Waals surface area (Å²) in [5.74, 6) is 0.424. The van der Waals surface area contributed by atoms with E-state index < -0.39 is 10.0 Å². The van der Waals surface area contributed by atoms with Gasteiger partial charge in [0.2, 0.25) is 10.0 Å². The summed E-state index contributed by atoms with van der Waals surface area (Å²) in [5.41, 5.74) is 0.861. The molecule has 1 atom stereocenters. The van der Waals surface area contributed by atoms with E-state index in [0.717, 1.165) is 6.42 Å². The predicted molar refractivity (Wildman–Crippen MR) is 69.4 cm³/mol. The first kappa shape index (κ1) is 13.5. The molecule has 1 aliphatic rings. The summed E-state index contributed by atoms with van der Waals surface area (Å²) in [6.45, 7) is 4.61. The zero-order chi connectivity index (χ0) is 13.4. The van der Waals surface area contributed by atoms with Gasteiger partial charge in [-0.3, -0.25) is 0 Å². The first-order valence-electron chi connectivity index (χ1n) is 6.05. The molecule has 4 nitrogen and oxygen atoms in total. The molecule has 1 saturated carbocycles. The van der Waals surface area contributed by atoms with E-state index in [9.17, 15) is 8.42 Å². The minimum Gasteiger partial charge on any atom is -0.392 e. The smallest absolute Gasteiger partial charge is 0.240 e. The van der Waals surface area contributed by atoms with Crippen LogP contribution in [-0.2, 0) is 16.6 Å². The van der Waals surface area contributed by atoms with Gasteiger partial charge in [0, 0.05) is 6.54 Å². The van der Waals surface area contributed by atoms with Crippen molar-refractivity contribution in [1.29, 1.82) is 0 Å². The highest BCUT2D eigenvalue weighted by atomic mass is 32.2. The number of rotatable bonds is 5. The van der Waals surface area contributed by atoms with Crippen LogP contribution in [-0.4, -0.2) is 20.1 Å². The summed E-state index contributed by atoms with van der Waals surface area (Å²) in [6, 6.07) is 6.38. The Bertz CT molecular complexity index is 537. The van der Waals surface area contributed by atoms with E-state index in [1.807, 2.05) is 0 Å². The number of benzene rings is 1. The van der Waals surface area contributed by atoms with E-state index in [2.05, 4.69) is 18.6 Å². The molecule has 0 amide bonds. The number of aliphatic hydroxyl groups excluding tert-OH is 1. The lowest BCUT2D eigenvalue weighted by Gasteiger charge is -2.08. The Morgan fingerprint density at radius 3 is 2.67 bits per heavy atom. The summed E-state index contributed by atoms with van der Waals surface area (Å²) < 4.78 is 26.7. The fourth-order valence-electron chi connectivity index (χ4n) is 2.03. The number of hydrogen-bond donors (Lipinski definition) is 2. The van der Waals surface area contributed by atoms with Crippen LogP contribution < -0.4 is 4.72 Å². The average Bonchev–Trinajstić information content (AvgIpc) is 2.95. The first-order valence-corrected chi connectivity index (χ1v) is 7.53. The van der Waals surface area contributed by atoms with Crippen molar-refractivity contribution >= 4 is 10.0 Å². The normalized spacial score (nSPS) is 21.8. The number of hydrogen-bond acceptors (Lipinski definition) is 3. The van der Waals surface area contributed by atoms with Gasteiger partial charge in [-0.05, 0) is 35.4 Å². The molecule has 0 bridgehead atoms. The van der Waals surface area contributed by atoms with Crippen LogP contribution >= 0.6 is 0 Å². The lowest BCUT2D eigenvalue weighted by atomic mass is 10.1. The molecule has 0 heterocycles. The monoisotopic (exact) mass is 269 g/mol. The molecule has 0 saturated heterocycles. The van der Waals surface area contributed by atoms with E-state index in [4.69, 9.17) is 5.11 Å². The van der Waals surface area contributed by atoms with E-state index >= 15 is 0 Å². The topological polar surface area (TPSA) is 66.4 Å². The molecule has 1 aromatic rings. The molecule has 1 aliphatic carbocycles. The van der Waals surface area contributed by atoms with Crippen LogP contribution in [0.5, 0.6) is 0 Å². The maximum absolute atomic E-state index is 12.1. The fraction of sp³-hybridized carbons (Fsp3) is 0.538. The van der Waals surface area contributed by atoms with Gasteiger partial charge in [-0.15, -0.1) is 0 Å². The second-order valence-electron chi connectivity index (χ2n) is 5.55. The summed E-state index contributed by atoms with van der Waals surface area (Å²) in [6.07, 6.45) is 1.06. The molecule has 0 radical (unpaired) electrons. The van der Waals surface area contributed by atoms with Gasteiger partial charge in [-0.1, -0.05) is 26.0 Å². The van der Waals surface area contributed by atoms with Gasteiger partial charge < -0.3 is 5.11 Å². The molecule has 5 heteroatoms. The lowest BCUT2D eigenvalue weighted by molar-refractivity contribution is 0.281. The predicted octanol–water partition coefficient (Wildman–Crippen LogP) is 1.50. The molecule has 0 spiro atoms. The summed E-state index contributed by atoms with van der Waals surface area (Å²) in [5, 5.41) is 9.01. The van der Waals surface area contributed by atoms with Crippen molar-refractivity contribution in [3.63, 3.8) is 0 Å². The SMILES string of the molecule is CC1(C)CC1CNS(=O)(=O)c1cccc(CO)c1. The molecule has 2 N–H and O–H groups in total. The zero-order valence-electron chi connectivity index (χ0n) is 10.7. The third-order valence-corrected chi connectivity index (χ3v) is 5.05.